The summed E-state index contributed by atoms with van der Waals surface area (Å²) < 4.78 is 0. The van der Waals surface area contributed by atoms with Crippen LogP contribution in [0.3, 0.4) is 0 Å². The highest BCUT2D eigenvalue weighted by Gasteiger charge is 2.36. The van der Waals surface area contributed by atoms with Gasteiger partial charge in [-0.1, -0.05) is 45.9 Å². The third kappa shape index (κ3) is 9.96. The summed E-state index contributed by atoms with van der Waals surface area (Å²) in [5.41, 5.74) is 1.53. The van der Waals surface area contributed by atoms with E-state index in [1.807, 2.05) is 44.4 Å². The van der Waals surface area contributed by atoms with E-state index in [0.717, 1.165) is 10.9 Å². The molecule has 1 aromatic carbocycles. The lowest BCUT2D eigenvalue weighted by Crippen LogP contribution is -2.59. The van der Waals surface area contributed by atoms with Crippen LogP contribution in [-0.2, 0) is 35.2 Å². The number of carboxylic acid groups (broad SMARTS) is 1. The average molecular weight is 645 g/mol. The number of para-hydroxylation sites is 1. The standard InChI is InChI=1S/C31H44N6O7S/c1-16(2)12-22-28(41)34-23(13-18-15-32-20-9-7-6-8-19(18)20)29(42)35-24(14-25(38)39)30(43)33-21(10-11-45-5)27(40)37-26(17(3)4)31(44)36-22/h6-9,15-17,21-24,26,32H,10-14H2,1-5H3,(H,33,43)(H,34,41)(H,35,42)(H,36,44)(H,37,40)(H,38,39)/t21-,22-,23+,24+,26+/m1/s1. The van der Waals surface area contributed by atoms with Crippen molar-refractivity contribution in [2.75, 3.05) is 12.0 Å². The van der Waals surface area contributed by atoms with Gasteiger partial charge in [-0.25, -0.2) is 0 Å². The quantitative estimate of drug-likeness (QED) is 0.199. The molecule has 0 radical (unpaired) electrons. The molecule has 1 fully saturated rings. The van der Waals surface area contributed by atoms with Crippen LogP contribution in [-0.4, -0.2) is 87.8 Å². The Balaban J connectivity index is 2.08. The Kier molecular flexibility index (Phi) is 12.8. The number of aliphatic carboxylic acids is 1. The monoisotopic (exact) mass is 644 g/mol. The maximum absolute atomic E-state index is 13.8. The minimum Gasteiger partial charge on any atom is -0.481 e. The number of aromatic nitrogens is 1. The Morgan fingerprint density at radius 2 is 1.38 bits per heavy atom. The number of H-pyrrole nitrogens is 1. The largest absolute Gasteiger partial charge is 0.481 e. The van der Waals surface area contributed by atoms with Crippen LogP contribution < -0.4 is 26.6 Å². The van der Waals surface area contributed by atoms with E-state index in [2.05, 4.69) is 31.6 Å². The van der Waals surface area contributed by atoms with E-state index in [-0.39, 0.29) is 31.1 Å². The van der Waals surface area contributed by atoms with Crippen molar-refractivity contribution in [3.63, 3.8) is 0 Å². The Hall–Kier alpha value is -4.07. The van der Waals surface area contributed by atoms with Crippen molar-refractivity contribution in [3.8, 4) is 0 Å². The first-order valence-electron chi connectivity index (χ1n) is 15.1. The van der Waals surface area contributed by atoms with Crippen molar-refractivity contribution in [2.45, 2.75) is 83.6 Å². The van der Waals surface area contributed by atoms with E-state index in [1.54, 1.807) is 20.0 Å². The van der Waals surface area contributed by atoms with Crippen molar-refractivity contribution in [3.05, 3.63) is 36.0 Å². The number of nitrogens with one attached hydrogen (secondary N) is 6. The second kappa shape index (κ2) is 16.3. The highest BCUT2D eigenvalue weighted by atomic mass is 32.2. The van der Waals surface area contributed by atoms with Crippen LogP contribution in [0.1, 0.15) is 52.5 Å². The van der Waals surface area contributed by atoms with Crippen LogP contribution in [0.2, 0.25) is 0 Å². The molecule has 13 nitrogen and oxygen atoms in total. The van der Waals surface area contributed by atoms with Crippen molar-refractivity contribution < 1.29 is 33.9 Å². The molecular weight excluding hydrogens is 600 g/mol. The topological polar surface area (TPSA) is 199 Å². The molecule has 0 bridgehead atoms. The number of carboxylic acids is 1. The van der Waals surface area contributed by atoms with Crippen LogP contribution in [0.25, 0.3) is 10.9 Å². The number of amides is 5. The zero-order valence-corrected chi connectivity index (χ0v) is 27.1. The third-order valence-electron chi connectivity index (χ3n) is 7.57. The van der Waals surface area contributed by atoms with Gasteiger partial charge in [-0.05, 0) is 48.3 Å². The molecule has 5 atom stereocenters. The highest BCUT2D eigenvalue weighted by Crippen LogP contribution is 2.20. The smallest absolute Gasteiger partial charge is 0.305 e. The molecular formula is C31H44N6O7S. The van der Waals surface area contributed by atoms with Crippen LogP contribution >= 0.6 is 11.8 Å². The second-order valence-electron chi connectivity index (χ2n) is 12.0. The summed E-state index contributed by atoms with van der Waals surface area (Å²) in [5, 5.41) is 23.7. The number of hydrogen-bond donors (Lipinski definition) is 7. The number of hydrogen-bond acceptors (Lipinski definition) is 7. The second-order valence-corrected chi connectivity index (χ2v) is 13.0. The summed E-state index contributed by atoms with van der Waals surface area (Å²) >= 11 is 1.44. The van der Waals surface area contributed by atoms with Gasteiger partial charge in [0.2, 0.25) is 29.5 Å². The molecule has 0 unspecified atom stereocenters. The zero-order chi connectivity index (χ0) is 33.3. The van der Waals surface area contributed by atoms with Crippen LogP contribution in [0.4, 0.5) is 0 Å². The first-order valence-corrected chi connectivity index (χ1v) is 16.5. The summed E-state index contributed by atoms with van der Waals surface area (Å²) in [4.78, 5) is 82.8. The predicted molar refractivity (Wildman–Crippen MR) is 171 cm³/mol. The molecule has 1 aliphatic heterocycles. The number of fused-ring (bicyclic) bond motifs is 1. The number of carbonyl (C=O) groups excluding carboxylic acids is 5. The lowest BCUT2D eigenvalue weighted by molar-refractivity contribution is -0.141. The molecule has 0 spiro atoms. The van der Waals surface area contributed by atoms with Gasteiger partial charge in [0, 0.05) is 23.5 Å². The number of rotatable bonds is 10. The summed E-state index contributed by atoms with van der Waals surface area (Å²) in [7, 11) is 0. The number of thioether (sulfide) groups is 1. The molecule has 0 aliphatic carbocycles. The Labute approximate surface area is 266 Å². The minimum atomic E-state index is -1.54. The molecule has 2 aromatic rings. The molecule has 246 valence electrons. The molecule has 7 N–H and O–H groups in total. The molecule has 2 heterocycles. The lowest BCUT2D eigenvalue weighted by Gasteiger charge is -2.28. The maximum Gasteiger partial charge on any atom is 0.305 e. The van der Waals surface area contributed by atoms with Gasteiger partial charge in [-0.2, -0.15) is 11.8 Å². The fourth-order valence-electron chi connectivity index (χ4n) is 5.19. The minimum absolute atomic E-state index is 0.0103. The van der Waals surface area contributed by atoms with E-state index in [4.69, 9.17) is 0 Å². The van der Waals surface area contributed by atoms with Crippen LogP contribution in [0.5, 0.6) is 0 Å². The number of aromatic amines is 1. The maximum atomic E-state index is 13.8. The number of carbonyl (C=O) groups is 6. The molecule has 0 saturated carbocycles. The molecule has 1 aliphatic rings. The summed E-state index contributed by atoms with van der Waals surface area (Å²) in [6, 6.07) is 1.46. The first kappa shape index (κ1) is 35.4. The van der Waals surface area contributed by atoms with Crippen LogP contribution in [0, 0.1) is 11.8 Å². The van der Waals surface area contributed by atoms with Gasteiger partial charge in [0.15, 0.2) is 0 Å². The zero-order valence-electron chi connectivity index (χ0n) is 26.3. The van der Waals surface area contributed by atoms with Crippen LogP contribution in [0.15, 0.2) is 30.5 Å². The van der Waals surface area contributed by atoms with Crippen molar-refractivity contribution >= 4 is 58.2 Å². The SMILES string of the molecule is CSCC[C@H]1NC(=O)[C@H](CC(=O)O)NC(=O)[C@H](Cc2c[nH]c3ccccc23)NC(=O)[C@@H](CC(C)C)NC(=O)[C@H](C(C)C)NC1=O. The summed E-state index contributed by atoms with van der Waals surface area (Å²) in [6.07, 6.45) is 3.24. The fraction of sp³-hybridized carbons (Fsp3) is 0.548. The van der Waals surface area contributed by atoms with Gasteiger partial charge < -0.3 is 36.7 Å². The van der Waals surface area contributed by atoms with E-state index in [9.17, 15) is 33.9 Å². The third-order valence-corrected chi connectivity index (χ3v) is 8.22. The molecule has 3 rings (SSSR count). The number of benzene rings is 1. The molecule has 1 aromatic heterocycles. The van der Waals surface area contributed by atoms with Gasteiger partial charge in [0.1, 0.15) is 30.2 Å². The Morgan fingerprint density at radius 3 is 2.02 bits per heavy atom. The van der Waals surface area contributed by atoms with E-state index >= 15 is 0 Å². The van der Waals surface area contributed by atoms with Crippen molar-refractivity contribution in [2.24, 2.45) is 11.8 Å². The van der Waals surface area contributed by atoms with Gasteiger partial charge in [0.25, 0.3) is 0 Å². The van der Waals surface area contributed by atoms with Crippen molar-refractivity contribution in [1.82, 2.24) is 31.6 Å². The molecule has 45 heavy (non-hydrogen) atoms. The molecule has 14 heteroatoms. The summed E-state index contributed by atoms with van der Waals surface area (Å²) in [5.74, 6) is -4.76. The van der Waals surface area contributed by atoms with Crippen molar-refractivity contribution in [1.29, 1.82) is 0 Å². The van der Waals surface area contributed by atoms with Gasteiger partial charge in [-0.3, -0.25) is 28.8 Å². The van der Waals surface area contributed by atoms with Gasteiger partial charge in [-0.15, -0.1) is 0 Å². The van der Waals surface area contributed by atoms with E-state index in [0.29, 0.717) is 11.3 Å². The van der Waals surface area contributed by atoms with E-state index in [1.165, 1.54) is 11.8 Å². The lowest BCUT2D eigenvalue weighted by atomic mass is 9.98. The Morgan fingerprint density at radius 1 is 0.800 bits per heavy atom. The molecule has 1 saturated heterocycles. The normalized spacial score (nSPS) is 23.9. The highest BCUT2D eigenvalue weighted by molar-refractivity contribution is 7.98. The summed E-state index contributed by atoms with van der Waals surface area (Å²) in [6.45, 7) is 7.26. The van der Waals surface area contributed by atoms with E-state index < -0.39 is 72.1 Å². The van der Waals surface area contributed by atoms with Gasteiger partial charge >= 0.3 is 5.97 Å². The predicted octanol–water partition coefficient (Wildman–Crippen LogP) is 1.08. The Bertz CT molecular complexity index is 1390. The molecule has 5 amide bonds. The van der Waals surface area contributed by atoms with Gasteiger partial charge in [0.05, 0.1) is 6.42 Å². The fourth-order valence-corrected chi connectivity index (χ4v) is 5.66. The average Bonchev–Trinajstić information content (AvgIpc) is 3.38. The first-order chi connectivity index (χ1) is 21.3.